The summed E-state index contributed by atoms with van der Waals surface area (Å²) >= 11 is 10.9. The van der Waals surface area contributed by atoms with Gasteiger partial charge in [-0.2, -0.15) is 0 Å². The van der Waals surface area contributed by atoms with Gasteiger partial charge in [-0.3, -0.25) is 0 Å². The fourth-order valence-corrected chi connectivity index (χ4v) is 11.4. The quantitative estimate of drug-likeness (QED) is 0.193. The van der Waals surface area contributed by atoms with E-state index in [1.807, 2.05) is 22.7 Å². The molecule has 0 amide bonds. The molecule has 0 atom stereocenters. The Bertz CT molecular complexity index is 2270. The monoisotopic (exact) mass is 618 g/mol. The van der Waals surface area contributed by atoms with Crippen molar-refractivity contribution in [1.29, 1.82) is 0 Å². The standard InChI is InChI=1S/C32H14N2S6/c1-3-35-23-11-19-13-29(37-25(19)7-15(1)23)31-33-21-5-17-10-28-22(6-18(17)9-27(21)39-31)34-32(40-28)30-14-20-12-24-16(2-4-36-24)8-26(20)38-30/h1-14H. The van der Waals surface area contributed by atoms with E-state index in [0.717, 1.165) is 21.0 Å². The molecule has 0 bridgehead atoms. The molecule has 2 nitrogen and oxygen atoms in total. The Morgan fingerprint density at radius 3 is 1.32 bits per heavy atom. The van der Waals surface area contributed by atoms with Gasteiger partial charge in [-0.1, -0.05) is 0 Å². The molecule has 0 radical (unpaired) electrons. The van der Waals surface area contributed by atoms with Gasteiger partial charge in [0, 0.05) is 18.8 Å². The van der Waals surface area contributed by atoms with Crippen LogP contribution in [-0.4, -0.2) is 9.97 Å². The van der Waals surface area contributed by atoms with Crippen molar-refractivity contribution in [3.63, 3.8) is 0 Å². The lowest BCUT2D eigenvalue weighted by atomic mass is 10.1. The summed E-state index contributed by atoms with van der Waals surface area (Å²) < 4.78 is 7.78. The molecule has 40 heavy (non-hydrogen) atoms. The third-order valence-electron chi connectivity index (χ3n) is 7.46. The van der Waals surface area contributed by atoms with E-state index in [9.17, 15) is 0 Å². The maximum atomic E-state index is 5.08. The third kappa shape index (κ3) is 3.35. The largest absolute Gasteiger partial charge is 0.235 e. The van der Waals surface area contributed by atoms with Crippen molar-refractivity contribution in [2.45, 2.75) is 0 Å². The molecule has 0 aliphatic rings. The maximum absolute atomic E-state index is 5.08. The van der Waals surface area contributed by atoms with Crippen molar-refractivity contribution in [3.8, 4) is 19.8 Å². The van der Waals surface area contributed by atoms with Gasteiger partial charge in [-0.15, -0.1) is 68.0 Å². The second-order valence-corrected chi connectivity index (χ2v) is 16.1. The predicted octanol–water partition coefficient (Wildman–Crippen LogP) is 12.3. The number of thiazole rings is 2. The van der Waals surface area contributed by atoms with E-state index in [-0.39, 0.29) is 0 Å². The number of fused-ring (bicyclic) bond motifs is 7. The minimum Gasteiger partial charge on any atom is -0.235 e. The first kappa shape index (κ1) is 22.4. The molecule has 6 aromatic heterocycles. The number of nitrogens with zero attached hydrogens (tertiary/aromatic N) is 2. The summed E-state index contributed by atoms with van der Waals surface area (Å²) in [4.78, 5) is 12.7. The molecule has 0 saturated heterocycles. The maximum Gasteiger partial charge on any atom is 0.134 e. The van der Waals surface area contributed by atoms with Crippen LogP contribution in [0.25, 0.3) is 91.3 Å². The average molecular weight is 619 g/mol. The van der Waals surface area contributed by atoms with E-state index < -0.39 is 0 Å². The number of benzene rings is 4. The van der Waals surface area contributed by atoms with Crippen LogP contribution in [0, 0.1) is 0 Å². The van der Waals surface area contributed by atoms with Gasteiger partial charge in [0.05, 0.1) is 30.2 Å². The van der Waals surface area contributed by atoms with Crippen LogP contribution in [0.3, 0.4) is 0 Å². The molecule has 0 saturated carbocycles. The van der Waals surface area contributed by atoms with Crippen LogP contribution in [0.5, 0.6) is 0 Å². The van der Waals surface area contributed by atoms with Gasteiger partial charge in [-0.25, -0.2) is 9.97 Å². The Labute approximate surface area is 251 Å². The second-order valence-electron chi connectivity index (χ2n) is 9.94. The SMILES string of the molecule is c1cc2cc3sc(-c4nc5cc6cc7sc(-c8cc9cc%10sccc%10cc9s8)nc7cc6cc5s4)cc3cc2s1. The van der Waals surface area contributed by atoms with Crippen LogP contribution in [0.15, 0.2) is 83.6 Å². The number of thiophene rings is 4. The van der Waals surface area contributed by atoms with Crippen molar-refractivity contribution in [2.75, 3.05) is 0 Å². The fourth-order valence-electron chi connectivity index (χ4n) is 5.51. The van der Waals surface area contributed by atoms with E-state index in [2.05, 4.69) is 83.6 Å². The Balaban J connectivity index is 1.07. The van der Waals surface area contributed by atoms with Crippen molar-refractivity contribution in [2.24, 2.45) is 0 Å². The van der Waals surface area contributed by atoms with E-state index in [0.29, 0.717) is 0 Å². The Morgan fingerprint density at radius 2 is 0.825 bits per heavy atom. The molecule has 10 aromatic rings. The lowest BCUT2D eigenvalue weighted by Gasteiger charge is -1.97. The molecule has 0 unspecified atom stereocenters. The van der Waals surface area contributed by atoms with Gasteiger partial charge < -0.3 is 0 Å². The molecule has 0 spiro atoms. The van der Waals surface area contributed by atoms with Gasteiger partial charge in [0.25, 0.3) is 0 Å². The van der Waals surface area contributed by atoms with Crippen molar-refractivity contribution in [1.82, 2.24) is 9.97 Å². The summed E-state index contributed by atoms with van der Waals surface area (Å²) in [6, 6.07) is 27.3. The first-order valence-corrected chi connectivity index (χ1v) is 17.7. The summed E-state index contributed by atoms with van der Waals surface area (Å²) in [5, 5.41) is 14.2. The summed E-state index contributed by atoms with van der Waals surface area (Å²) in [5.74, 6) is 0. The van der Waals surface area contributed by atoms with Crippen LogP contribution in [0.1, 0.15) is 0 Å². The van der Waals surface area contributed by atoms with Crippen LogP contribution in [0.4, 0.5) is 0 Å². The Hall–Kier alpha value is -3.24. The molecule has 0 N–H and O–H groups in total. The molecule has 188 valence electrons. The lowest BCUT2D eigenvalue weighted by molar-refractivity contribution is 1.50. The summed E-state index contributed by atoms with van der Waals surface area (Å²) in [6.07, 6.45) is 0. The Morgan fingerprint density at radius 1 is 0.375 bits per heavy atom. The van der Waals surface area contributed by atoms with Crippen LogP contribution in [0.2, 0.25) is 0 Å². The third-order valence-corrected chi connectivity index (χ3v) is 13.8. The zero-order valence-corrected chi connectivity index (χ0v) is 25.3. The highest BCUT2D eigenvalue weighted by atomic mass is 32.1. The molecule has 0 aliphatic heterocycles. The highest BCUT2D eigenvalue weighted by molar-refractivity contribution is 7.29. The number of hydrogen-bond donors (Lipinski definition) is 0. The van der Waals surface area contributed by atoms with E-state index in [1.165, 1.54) is 70.3 Å². The summed E-state index contributed by atoms with van der Waals surface area (Å²) in [5.41, 5.74) is 2.14. The van der Waals surface area contributed by atoms with Gasteiger partial charge in [0.15, 0.2) is 0 Å². The smallest absolute Gasteiger partial charge is 0.134 e. The topological polar surface area (TPSA) is 25.8 Å². The minimum atomic E-state index is 1.07. The molecule has 0 fully saturated rings. The van der Waals surface area contributed by atoms with Gasteiger partial charge in [0.2, 0.25) is 0 Å². The van der Waals surface area contributed by atoms with Crippen LogP contribution in [-0.2, 0) is 0 Å². The van der Waals surface area contributed by atoms with Crippen LogP contribution < -0.4 is 0 Å². The second kappa shape index (κ2) is 8.16. The van der Waals surface area contributed by atoms with Crippen molar-refractivity contribution < 1.29 is 0 Å². The Kier molecular flexibility index (Phi) is 4.58. The predicted molar refractivity (Wildman–Crippen MR) is 183 cm³/mol. The highest BCUT2D eigenvalue weighted by Gasteiger charge is 2.15. The lowest BCUT2D eigenvalue weighted by Crippen LogP contribution is -1.76. The van der Waals surface area contributed by atoms with Gasteiger partial charge >= 0.3 is 0 Å². The van der Waals surface area contributed by atoms with Crippen molar-refractivity contribution >= 4 is 140 Å². The molecule has 0 aliphatic carbocycles. The molecule has 10 rings (SSSR count). The number of aromatic nitrogens is 2. The number of rotatable bonds is 2. The fraction of sp³-hybridized carbons (Fsp3) is 0. The summed E-state index contributed by atoms with van der Waals surface area (Å²) in [7, 11) is 0. The van der Waals surface area contributed by atoms with Gasteiger partial charge in [0.1, 0.15) is 10.0 Å². The molecule has 8 heteroatoms. The number of hydrogen-bond acceptors (Lipinski definition) is 8. The van der Waals surface area contributed by atoms with Crippen LogP contribution >= 0.6 is 68.0 Å². The molecular formula is C32H14N2S6. The van der Waals surface area contributed by atoms with E-state index in [4.69, 9.17) is 9.97 Å². The first-order valence-electron chi connectivity index (χ1n) is 12.7. The highest BCUT2D eigenvalue weighted by Crippen LogP contribution is 2.43. The normalized spacial score (nSPS) is 12.5. The summed E-state index contributed by atoms with van der Waals surface area (Å²) in [6.45, 7) is 0. The zero-order chi connectivity index (χ0) is 25.9. The van der Waals surface area contributed by atoms with Gasteiger partial charge in [-0.05, 0) is 116 Å². The van der Waals surface area contributed by atoms with E-state index >= 15 is 0 Å². The van der Waals surface area contributed by atoms with E-state index in [1.54, 1.807) is 45.3 Å². The van der Waals surface area contributed by atoms with Crippen molar-refractivity contribution in [3.05, 3.63) is 83.6 Å². The first-order chi connectivity index (χ1) is 19.7. The molecule has 6 heterocycles. The zero-order valence-electron chi connectivity index (χ0n) is 20.4. The molecular weight excluding hydrogens is 605 g/mol. The minimum absolute atomic E-state index is 1.07. The molecule has 4 aromatic carbocycles. The average Bonchev–Trinajstić information content (AvgIpc) is 3.78.